The molecule has 86 valence electrons. The van der Waals surface area contributed by atoms with Crippen molar-refractivity contribution in [3.05, 3.63) is 34.9 Å². The molecule has 2 aliphatic rings. The fourth-order valence-electron chi connectivity index (χ4n) is 3.15. The lowest BCUT2D eigenvalue weighted by Gasteiger charge is -2.38. The third-order valence-corrected chi connectivity index (χ3v) is 3.88. The van der Waals surface area contributed by atoms with Crippen molar-refractivity contribution in [3.63, 3.8) is 0 Å². The molecule has 1 heterocycles. The van der Waals surface area contributed by atoms with E-state index in [9.17, 15) is 8.78 Å². The number of nitrogens with one attached hydrogen (secondary N) is 1. The van der Waals surface area contributed by atoms with Crippen LogP contribution < -0.4 is 5.32 Å². The van der Waals surface area contributed by atoms with Crippen molar-refractivity contribution in [1.29, 1.82) is 0 Å². The first-order valence-electron chi connectivity index (χ1n) is 5.97. The molecule has 1 aromatic rings. The highest BCUT2D eigenvalue weighted by molar-refractivity contribution is 5.36. The molecule has 1 aliphatic carbocycles. The maximum atomic E-state index is 13.6. The molecule has 0 radical (unpaired) electrons. The number of hydrogen-bond acceptors (Lipinski definition) is 1. The predicted molar refractivity (Wildman–Crippen MR) is 58.4 cm³/mol. The average molecular weight is 223 g/mol. The van der Waals surface area contributed by atoms with Crippen LogP contribution in [-0.4, -0.2) is 12.6 Å². The zero-order valence-corrected chi connectivity index (χ0v) is 9.10. The van der Waals surface area contributed by atoms with E-state index >= 15 is 0 Å². The smallest absolute Gasteiger partial charge is 0.129 e. The van der Waals surface area contributed by atoms with E-state index in [-0.39, 0.29) is 5.82 Å². The molecule has 1 aliphatic heterocycles. The standard InChI is InChI=1S/C13H15F2N/c14-8-6-11-9(12(15)7-8)3-4-13-10(11)2-1-5-16-13/h6-7,10,13,16H,1-5H2. The lowest BCUT2D eigenvalue weighted by Crippen LogP contribution is -2.42. The van der Waals surface area contributed by atoms with Crippen LogP contribution in [0.3, 0.4) is 0 Å². The van der Waals surface area contributed by atoms with E-state index in [1.54, 1.807) is 0 Å². The van der Waals surface area contributed by atoms with Gasteiger partial charge in [-0.3, -0.25) is 0 Å². The van der Waals surface area contributed by atoms with Gasteiger partial charge >= 0.3 is 0 Å². The maximum Gasteiger partial charge on any atom is 0.129 e. The maximum absolute atomic E-state index is 13.6. The van der Waals surface area contributed by atoms with Crippen LogP contribution in [0.1, 0.15) is 36.3 Å². The lowest BCUT2D eigenvalue weighted by atomic mass is 9.75. The summed E-state index contributed by atoms with van der Waals surface area (Å²) in [5, 5.41) is 3.46. The Kier molecular flexibility index (Phi) is 2.43. The van der Waals surface area contributed by atoms with Crippen LogP contribution in [0.2, 0.25) is 0 Å². The van der Waals surface area contributed by atoms with E-state index in [0.29, 0.717) is 12.0 Å². The van der Waals surface area contributed by atoms with Crippen molar-refractivity contribution in [3.8, 4) is 0 Å². The van der Waals surface area contributed by atoms with Crippen molar-refractivity contribution in [2.75, 3.05) is 6.54 Å². The predicted octanol–water partition coefficient (Wildman–Crippen LogP) is 2.75. The van der Waals surface area contributed by atoms with E-state index in [2.05, 4.69) is 5.32 Å². The Morgan fingerprint density at radius 3 is 2.94 bits per heavy atom. The summed E-state index contributed by atoms with van der Waals surface area (Å²) in [7, 11) is 0. The second kappa shape index (κ2) is 3.81. The number of fused-ring (bicyclic) bond motifs is 3. The number of piperidine rings is 1. The quantitative estimate of drug-likeness (QED) is 0.713. The van der Waals surface area contributed by atoms with Gasteiger partial charge in [-0.15, -0.1) is 0 Å². The van der Waals surface area contributed by atoms with E-state index in [1.165, 1.54) is 6.07 Å². The molecule has 0 spiro atoms. The Morgan fingerprint density at radius 2 is 2.06 bits per heavy atom. The largest absolute Gasteiger partial charge is 0.313 e. The first kappa shape index (κ1) is 10.2. The van der Waals surface area contributed by atoms with Crippen LogP contribution in [0.15, 0.2) is 12.1 Å². The van der Waals surface area contributed by atoms with Gasteiger partial charge in [0, 0.05) is 12.1 Å². The molecule has 16 heavy (non-hydrogen) atoms. The van der Waals surface area contributed by atoms with Gasteiger partial charge in [-0.05, 0) is 55.3 Å². The summed E-state index contributed by atoms with van der Waals surface area (Å²) in [5.41, 5.74) is 1.65. The Hall–Kier alpha value is -0.960. The van der Waals surface area contributed by atoms with Crippen molar-refractivity contribution in [1.82, 2.24) is 5.32 Å². The third kappa shape index (κ3) is 1.54. The lowest BCUT2D eigenvalue weighted by molar-refractivity contribution is 0.315. The second-order valence-corrected chi connectivity index (χ2v) is 4.80. The Balaban J connectivity index is 2.06. The summed E-state index contributed by atoms with van der Waals surface area (Å²) in [6, 6.07) is 2.96. The second-order valence-electron chi connectivity index (χ2n) is 4.80. The third-order valence-electron chi connectivity index (χ3n) is 3.88. The minimum Gasteiger partial charge on any atom is -0.313 e. The molecule has 0 saturated carbocycles. The molecule has 0 aromatic heterocycles. The summed E-state index contributed by atoms with van der Waals surface area (Å²) in [6.45, 7) is 1.04. The molecule has 2 unspecified atom stereocenters. The van der Waals surface area contributed by atoms with Crippen molar-refractivity contribution in [2.45, 2.75) is 37.6 Å². The van der Waals surface area contributed by atoms with Crippen LogP contribution in [0.5, 0.6) is 0 Å². The topological polar surface area (TPSA) is 12.0 Å². The Bertz CT molecular complexity index is 417. The molecule has 1 fully saturated rings. The first-order valence-corrected chi connectivity index (χ1v) is 5.97. The van der Waals surface area contributed by atoms with Gasteiger partial charge in [0.2, 0.25) is 0 Å². The van der Waals surface area contributed by atoms with Gasteiger partial charge in [-0.25, -0.2) is 8.78 Å². The molecule has 0 bridgehead atoms. The molecule has 0 amide bonds. The number of rotatable bonds is 0. The van der Waals surface area contributed by atoms with Gasteiger partial charge in [0.15, 0.2) is 0 Å². The van der Waals surface area contributed by atoms with Gasteiger partial charge in [-0.1, -0.05) is 0 Å². The molecular formula is C13H15F2N. The van der Waals surface area contributed by atoms with Crippen LogP contribution in [-0.2, 0) is 6.42 Å². The van der Waals surface area contributed by atoms with Gasteiger partial charge in [-0.2, -0.15) is 0 Å². The van der Waals surface area contributed by atoms with Gasteiger partial charge in [0.1, 0.15) is 11.6 Å². The zero-order valence-electron chi connectivity index (χ0n) is 9.10. The fourth-order valence-corrected chi connectivity index (χ4v) is 3.15. The fraction of sp³-hybridized carbons (Fsp3) is 0.538. The summed E-state index contributed by atoms with van der Waals surface area (Å²) in [5.74, 6) is -0.496. The summed E-state index contributed by atoms with van der Waals surface area (Å²) in [6.07, 6.45) is 3.85. The summed E-state index contributed by atoms with van der Waals surface area (Å²) in [4.78, 5) is 0. The van der Waals surface area contributed by atoms with Crippen molar-refractivity contribution < 1.29 is 8.78 Å². The van der Waals surface area contributed by atoms with E-state index in [0.717, 1.165) is 49.4 Å². The molecular weight excluding hydrogens is 208 g/mol. The van der Waals surface area contributed by atoms with E-state index in [4.69, 9.17) is 0 Å². The molecule has 3 heteroatoms. The normalized spacial score (nSPS) is 28.4. The van der Waals surface area contributed by atoms with Gasteiger partial charge in [0.25, 0.3) is 0 Å². The van der Waals surface area contributed by atoms with E-state index < -0.39 is 5.82 Å². The molecule has 2 atom stereocenters. The minimum absolute atomic E-state index is 0.308. The van der Waals surface area contributed by atoms with Crippen LogP contribution >= 0.6 is 0 Å². The summed E-state index contributed by atoms with van der Waals surface area (Å²) < 4.78 is 26.9. The van der Waals surface area contributed by atoms with E-state index in [1.807, 2.05) is 0 Å². The van der Waals surface area contributed by atoms with Gasteiger partial charge in [0.05, 0.1) is 0 Å². The number of hydrogen-bond donors (Lipinski definition) is 1. The highest BCUT2D eigenvalue weighted by atomic mass is 19.1. The SMILES string of the molecule is Fc1cc(F)c2c(c1)C1CCCNC1CC2. The monoisotopic (exact) mass is 223 g/mol. The van der Waals surface area contributed by atoms with Crippen molar-refractivity contribution in [2.24, 2.45) is 0 Å². The molecule has 3 rings (SSSR count). The molecule has 1 N–H and O–H groups in total. The molecule has 1 saturated heterocycles. The van der Waals surface area contributed by atoms with Crippen LogP contribution in [0.4, 0.5) is 8.78 Å². The summed E-state index contributed by atoms with van der Waals surface area (Å²) >= 11 is 0. The molecule has 1 aromatic carbocycles. The van der Waals surface area contributed by atoms with Gasteiger partial charge < -0.3 is 5.32 Å². The van der Waals surface area contributed by atoms with Crippen LogP contribution in [0.25, 0.3) is 0 Å². The van der Waals surface area contributed by atoms with Crippen molar-refractivity contribution >= 4 is 0 Å². The number of halogens is 2. The van der Waals surface area contributed by atoms with Crippen LogP contribution in [0, 0.1) is 11.6 Å². The highest BCUT2D eigenvalue weighted by Gasteiger charge is 2.32. The average Bonchev–Trinajstić information content (AvgIpc) is 2.28. The minimum atomic E-state index is -0.442. The molecule has 1 nitrogen and oxygen atoms in total. The zero-order chi connectivity index (χ0) is 11.1. The Labute approximate surface area is 93.9 Å². The highest BCUT2D eigenvalue weighted by Crippen LogP contribution is 2.38. The number of benzene rings is 1. The Morgan fingerprint density at radius 1 is 1.19 bits per heavy atom. The first-order chi connectivity index (χ1) is 7.75.